The van der Waals surface area contributed by atoms with Crippen LogP contribution in [0.25, 0.3) is 0 Å². The minimum atomic E-state index is -0.422. The van der Waals surface area contributed by atoms with Crippen LogP contribution < -0.4 is 0 Å². The first-order valence-corrected chi connectivity index (χ1v) is 8.95. The molecule has 24 heavy (non-hydrogen) atoms. The van der Waals surface area contributed by atoms with Crippen LogP contribution in [0.15, 0.2) is 35.5 Å². The van der Waals surface area contributed by atoms with Gasteiger partial charge in [-0.1, -0.05) is 45.4 Å². The summed E-state index contributed by atoms with van der Waals surface area (Å²) in [6.07, 6.45) is 9.48. The molecule has 0 amide bonds. The van der Waals surface area contributed by atoms with Gasteiger partial charge in [-0.15, -0.1) is 0 Å². The predicted molar refractivity (Wildman–Crippen MR) is 92.1 cm³/mol. The number of carbonyl (C=O) groups is 2. The molecule has 1 heterocycles. The molecule has 4 rings (SSSR count). The summed E-state index contributed by atoms with van der Waals surface area (Å²) in [6.45, 7) is 10.8. The van der Waals surface area contributed by atoms with E-state index in [4.69, 9.17) is 4.74 Å². The molecule has 0 radical (unpaired) electrons. The number of hydrogen-bond donors (Lipinski definition) is 0. The van der Waals surface area contributed by atoms with Crippen molar-refractivity contribution in [3.63, 3.8) is 0 Å². The quantitative estimate of drug-likeness (QED) is 0.632. The van der Waals surface area contributed by atoms with Crippen LogP contribution in [0.4, 0.5) is 0 Å². The van der Waals surface area contributed by atoms with Crippen LogP contribution in [0.3, 0.4) is 0 Å². The number of esters is 1. The normalized spacial score (nSPS) is 45.6. The van der Waals surface area contributed by atoms with E-state index in [1.807, 2.05) is 0 Å². The van der Waals surface area contributed by atoms with Crippen molar-refractivity contribution in [3.8, 4) is 0 Å². The van der Waals surface area contributed by atoms with Gasteiger partial charge in [0, 0.05) is 16.9 Å². The monoisotopic (exact) mass is 326 g/mol. The van der Waals surface area contributed by atoms with Gasteiger partial charge in [0.2, 0.25) is 0 Å². The van der Waals surface area contributed by atoms with E-state index in [1.54, 1.807) is 12.2 Å². The van der Waals surface area contributed by atoms with Crippen LogP contribution >= 0.6 is 0 Å². The van der Waals surface area contributed by atoms with E-state index in [-0.39, 0.29) is 34.6 Å². The van der Waals surface area contributed by atoms with E-state index in [1.165, 1.54) is 5.57 Å². The van der Waals surface area contributed by atoms with Crippen LogP contribution in [-0.2, 0) is 14.3 Å². The zero-order chi connectivity index (χ0) is 17.5. The molecule has 0 N–H and O–H groups in total. The molecule has 3 heteroatoms. The Bertz CT molecular complexity index is 738. The lowest BCUT2D eigenvalue weighted by atomic mass is 9.41. The summed E-state index contributed by atoms with van der Waals surface area (Å²) in [4.78, 5) is 24.7. The fourth-order valence-electron chi connectivity index (χ4n) is 6.19. The van der Waals surface area contributed by atoms with Crippen LogP contribution in [0.2, 0.25) is 0 Å². The molecule has 0 spiro atoms. The molecule has 3 nitrogen and oxygen atoms in total. The molecule has 5 atom stereocenters. The van der Waals surface area contributed by atoms with Gasteiger partial charge in [0.05, 0.1) is 0 Å². The standard InChI is InChI=1S/C21H26O3/c1-12-6-7-14-20(4)9-8-16(22)19(2,3)15(20)11-17-21(14,5)13(12)10-18(23)24-17/h6,8-10,14-15,17H,7,11H2,1-5H3/t14-,15+,17?,20-,21+/m1/s1. The number of hydrogen-bond acceptors (Lipinski definition) is 3. The molecule has 1 fully saturated rings. The van der Waals surface area contributed by atoms with Crippen molar-refractivity contribution < 1.29 is 14.3 Å². The highest BCUT2D eigenvalue weighted by atomic mass is 16.5. The second-order valence-corrected chi connectivity index (χ2v) is 9.02. The lowest BCUT2D eigenvalue weighted by Gasteiger charge is -2.64. The van der Waals surface area contributed by atoms with Crippen LogP contribution in [-0.4, -0.2) is 17.9 Å². The zero-order valence-electron chi connectivity index (χ0n) is 15.2. The van der Waals surface area contributed by atoms with Gasteiger partial charge in [-0.3, -0.25) is 4.79 Å². The number of allylic oxidation sites excluding steroid dienone is 4. The summed E-state index contributed by atoms with van der Waals surface area (Å²) in [7, 11) is 0. The number of fused-ring (bicyclic) bond motifs is 2. The van der Waals surface area contributed by atoms with Gasteiger partial charge in [0.1, 0.15) is 6.10 Å². The summed E-state index contributed by atoms with van der Waals surface area (Å²) >= 11 is 0. The lowest BCUT2D eigenvalue weighted by Crippen LogP contribution is -2.63. The third-order valence-corrected chi connectivity index (χ3v) is 7.63. The van der Waals surface area contributed by atoms with Crippen molar-refractivity contribution >= 4 is 11.8 Å². The maximum atomic E-state index is 12.5. The summed E-state index contributed by atoms with van der Waals surface area (Å²) in [5, 5.41) is 0. The van der Waals surface area contributed by atoms with Gasteiger partial charge in [-0.05, 0) is 48.7 Å². The Hall–Kier alpha value is -1.64. The third-order valence-electron chi connectivity index (χ3n) is 7.63. The Labute approximate surface area is 143 Å². The molecule has 0 aromatic carbocycles. The first-order chi connectivity index (χ1) is 11.1. The smallest absolute Gasteiger partial charge is 0.331 e. The molecule has 1 saturated carbocycles. The maximum Gasteiger partial charge on any atom is 0.331 e. The maximum absolute atomic E-state index is 12.5. The van der Waals surface area contributed by atoms with Gasteiger partial charge in [0.25, 0.3) is 0 Å². The molecule has 0 aromatic rings. The van der Waals surface area contributed by atoms with Gasteiger partial charge in [0.15, 0.2) is 5.78 Å². The van der Waals surface area contributed by atoms with Crippen molar-refractivity contribution in [3.05, 3.63) is 35.5 Å². The Balaban J connectivity index is 1.94. The van der Waals surface area contributed by atoms with Crippen LogP contribution in [0, 0.1) is 28.1 Å². The van der Waals surface area contributed by atoms with Crippen molar-refractivity contribution in [1.82, 2.24) is 0 Å². The first kappa shape index (κ1) is 15.9. The van der Waals surface area contributed by atoms with Gasteiger partial charge < -0.3 is 4.74 Å². The molecule has 1 aliphatic heterocycles. The van der Waals surface area contributed by atoms with E-state index >= 15 is 0 Å². The zero-order valence-corrected chi connectivity index (χ0v) is 15.2. The Morgan fingerprint density at radius 3 is 2.54 bits per heavy atom. The molecule has 4 aliphatic rings. The Kier molecular flexibility index (Phi) is 2.97. The minimum absolute atomic E-state index is 0.0668. The van der Waals surface area contributed by atoms with E-state index < -0.39 is 5.41 Å². The summed E-state index contributed by atoms with van der Waals surface area (Å²) in [6, 6.07) is 0. The van der Waals surface area contributed by atoms with E-state index in [0.29, 0.717) is 5.92 Å². The first-order valence-electron chi connectivity index (χ1n) is 8.95. The van der Waals surface area contributed by atoms with Crippen molar-refractivity contribution in [1.29, 1.82) is 0 Å². The summed E-state index contributed by atoms with van der Waals surface area (Å²) in [5.41, 5.74) is 1.69. The molecule has 128 valence electrons. The largest absolute Gasteiger partial charge is 0.458 e. The van der Waals surface area contributed by atoms with Crippen molar-refractivity contribution in [2.24, 2.45) is 28.1 Å². The molecule has 0 bridgehead atoms. The number of rotatable bonds is 0. The minimum Gasteiger partial charge on any atom is -0.458 e. The Morgan fingerprint density at radius 1 is 1.12 bits per heavy atom. The second-order valence-electron chi connectivity index (χ2n) is 9.02. The number of carbonyl (C=O) groups excluding carboxylic acids is 2. The lowest BCUT2D eigenvalue weighted by molar-refractivity contribution is -0.180. The predicted octanol–water partition coefficient (Wildman–Crippen LogP) is 4.00. The molecule has 0 saturated heterocycles. The molecule has 1 unspecified atom stereocenters. The van der Waals surface area contributed by atoms with Crippen molar-refractivity contribution in [2.75, 3.05) is 0 Å². The highest BCUT2D eigenvalue weighted by Crippen LogP contribution is 2.67. The molecular formula is C21H26O3. The van der Waals surface area contributed by atoms with Crippen LogP contribution in [0.5, 0.6) is 0 Å². The molecular weight excluding hydrogens is 300 g/mol. The van der Waals surface area contributed by atoms with Gasteiger partial charge in [-0.2, -0.15) is 0 Å². The highest BCUT2D eigenvalue weighted by Gasteiger charge is 2.65. The topological polar surface area (TPSA) is 43.4 Å². The van der Waals surface area contributed by atoms with Gasteiger partial charge in [-0.25, -0.2) is 4.79 Å². The van der Waals surface area contributed by atoms with E-state index in [2.05, 4.69) is 46.8 Å². The second kappa shape index (κ2) is 4.50. The highest BCUT2D eigenvalue weighted by molar-refractivity contribution is 5.96. The summed E-state index contributed by atoms with van der Waals surface area (Å²) in [5.74, 6) is 0.471. The molecule has 0 aromatic heterocycles. The van der Waals surface area contributed by atoms with Gasteiger partial charge >= 0.3 is 5.97 Å². The number of ketones is 1. The molecule has 3 aliphatic carbocycles. The Morgan fingerprint density at radius 2 is 1.83 bits per heavy atom. The third kappa shape index (κ3) is 1.68. The average molecular weight is 326 g/mol. The fraction of sp³-hybridized carbons (Fsp3) is 0.619. The van der Waals surface area contributed by atoms with Crippen LogP contribution in [0.1, 0.15) is 47.5 Å². The average Bonchev–Trinajstić information content (AvgIpc) is 2.49. The van der Waals surface area contributed by atoms with E-state index in [9.17, 15) is 9.59 Å². The fourth-order valence-corrected chi connectivity index (χ4v) is 6.19. The van der Waals surface area contributed by atoms with Crippen molar-refractivity contribution in [2.45, 2.75) is 53.6 Å². The SMILES string of the molecule is CC1=CC[C@@H]2[C@@]3(C)C=CC(=O)C(C)(C)[C@@H]3CC3OC(=O)C=C1[C@]32C. The summed E-state index contributed by atoms with van der Waals surface area (Å²) < 4.78 is 5.82. The number of ether oxygens (including phenoxy) is 1. The van der Waals surface area contributed by atoms with E-state index in [0.717, 1.165) is 18.4 Å².